The second-order valence-electron chi connectivity index (χ2n) is 5.88. The molecule has 1 aliphatic carbocycles. The molecule has 0 radical (unpaired) electrons. The Morgan fingerprint density at radius 2 is 2.35 bits per heavy atom. The van der Waals surface area contributed by atoms with Crippen molar-refractivity contribution in [3.8, 4) is 0 Å². The van der Waals surface area contributed by atoms with Crippen LogP contribution in [0.25, 0.3) is 0 Å². The number of anilines is 1. The first-order valence-corrected chi connectivity index (χ1v) is 9.17. The first-order valence-electron chi connectivity index (χ1n) is 7.01. The van der Waals surface area contributed by atoms with Crippen LogP contribution in [0, 0.1) is 5.92 Å². The summed E-state index contributed by atoms with van der Waals surface area (Å²) in [5.74, 6) is 1.90. The van der Waals surface area contributed by atoms with Crippen LogP contribution in [0.4, 0.5) is 5.69 Å². The fourth-order valence-corrected chi connectivity index (χ4v) is 5.01. The normalized spacial score (nSPS) is 29.6. The molecule has 1 aromatic carbocycles. The topological polar surface area (TPSA) is 24.4 Å². The molecule has 2 unspecified atom stereocenters. The van der Waals surface area contributed by atoms with Crippen molar-refractivity contribution in [2.45, 2.75) is 38.1 Å². The first-order chi connectivity index (χ1) is 9.56. The summed E-state index contributed by atoms with van der Waals surface area (Å²) in [5.41, 5.74) is 1.11. The quantitative estimate of drug-likeness (QED) is 0.696. The van der Waals surface area contributed by atoms with E-state index in [0.717, 1.165) is 32.0 Å². The Kier molecular flexibility index (Phi) is 4.34. The maximum Gasteiger partial charge on any atom is 0.161 e. The zero-order valence-electron chi connectivity index (χ0n) is 11.5. The van der Waals surface area contributed by atoms with E-state index in [1.807, 2.05) is 30.0 Å². The van der Waals surface area contributed by atoms with E-state index >= 15 is 0 Å². The molecule has 0 amide bonds. The molecule has 1 saturated carbocycles. The van der Waals surface area contributed by atoms with E-state index < -0.39 is 0 Å². The van der Waals surface area contributed by atoms with Gasteiger partial charge in [-0.25, -0.2) is 0 Å². The van der Waals surface area contributed by atoms with Crippen molar-refractivity contribution in [3.63, 3.8) is 0 Å². The highest BCUT2D eigenvalue weighted by Crippen LogP contribution is 2.42. The number of amidine groups is 1. The molecule has 5 heteroatoms. The number of nitrogens with one attached hydrogen (secondary N) is 1. The predicted molar refractivity (Wildman–Crippen MR) is 93.0 cm³/mol. The minimum Gasteiger partial charge on any atom is -0.334 e. The lowest BCUT2D eigenvalue weighted by molar-refractivity contribution is 0.266. The lowest BCUT2D eigenvalue weighted by Crippen LogP contribution is -2.33. The highest BCUT2D eigenvalue weighted by Gasteiger charge is 2.39. The Labute approximate surface area is 137 Å². The largest absolute Gasteiger partial charge is 0.334 e. The molecule has 20 heavy (non-hydrogen) atoms. The Morgan fingerprint density at radius 3 is 3.10 bits per heavy atom. The summed E-state index contributed by atoms with van der Waals surface area (Å²) in [6.07, 6.45) is 5.10. The second kappa shape index (κ2) is 5.90. The molecule has 1 aromatic rings. The predicted octanol–water partition coefficient (Wildman–Crippen LogP) is 5.57. The molecule has 0 bridgehead atoms. The molecule has 0 saturated heterocycles. The molecular weight excluding hydrogens is 356 g/mol. The molecule has 1 fully saturated rings. The Bertz CT molecular complexity index is 549. The molecule has 2 nitrogen and oxygen atoms in total. The molecule has 1 aliphatic heterocycles. The number of halogens is 2. The minimum atomic E-state index is 0.173. The van der Waals surface area contributed by atoms with Crippen LogP contribution in [0.1, 0.15) is 32.6 Å². The molecule has 1 spiro atoms. The van der Waals surface area contributed by atoms with Crippen molar-refractivity contribution in [3.05, 3.63) is 27.7 Å². The number of aliphatic imine (C=N–C) groups is 1. The highest BCUT2D eigenvalue weighted by molar-refractivity contribution is 9.10. The Hall–Kier alpha value is -0.190. The van der Waals surface area contributed by atoms with E-state index in [4.69, 9.17) is 16.6 Å². The van der Waals surface area contributed by atoms with Gasteiger partial charge in [0, 0.05) is 10.2 Å². The molecule has 0 aromatic heterocycles. The van der Waals surface area contributed by atoms with Crippen molar-refractivity contribution in [2.75, 3.05) is 11.1 Å². The fourth-order valence-electron chi connectivity index (χ4n) is 3.12. The lowest BCUT2D eigenvalue weighted by Gasteiger charge is -2.33. The monoisotopic (exact) mass is 372 g/mol. The molecule has 3 rings (SSSR count). The third kappa shape index (κ3) is 3.18. The van der Waals surface area contributed by atoms with Crippen molar-refractivity contribution in [1.82, 2.24) is 0 Å². The van der Waals surface area contributed by atoms with Crippen LogP contribution in [0.3, 0.4) is 0 Å². The summed E-state index contributed by atoms with van der Waals surface area (Å²) in [6.45, 7) is 2.35. The van der Waals surface area contributed by atoms with Gasteiger partial charge < -0.3 is 5.32 Å². The van der Waals surface area contributed by atoms with Crippen molar-refractivity contribution >= 4 is 50.1 Å². The number of benzene rings is 1. The Morgan fingerprint density at radius 1 is 1.50 bits per heavy atom. The number of hydrogen-bond donors (Lipinski definition) is 1. The van der Waals surface area contributed by atoms with Crippen LogP contribution in [-0.4, -0.2) is 16.5 Å². The summed E-state index contributed by atoms with van der Waals surface area (Å²) < 4.78 is 0.992. The van der Waals surface area contributed by atoms with Gasteiger partial charge in [0.15, 0.2) is 5.17 Å². The van der Waals surface area contributed by atoms with Crippen LogP contribution in [-0.2, 0) is 0 Å². The summed E-state index contributed by atoms with van der Waals surface area (Å²) in [4.78, 5) is 4.99. The van der Waals surface area contributed by atoms with E-state index in [0.29, 0.717) is 0 Å². The second-order valence-corrected chi connectivity index (χ2v) is 8.17. The zero-order chi connectivity index (χ0) is 14.2. The highest BCUT2D eigenvalue weighted by atomic mass is 79.9. The van der Waals surface area contributed by atoms with E-state index in [9.17, 15) is 0 Å². The average molecular weight is 374 g/mol. The third-order valence-corrected chi connectivity index (χ3v) is 6.01. The van der Waals surface area contributed by atoms with Crippen LogP contribution >= 0.6 is 39.3 Å². The number of hydrogen-bond acceptors (Lipinski definition) is 3. The maximum absolute atomic E-state index is 6.25. The summed E-state index contributed by atoms with van der Waals surface area (Å²) in [7, 11) is 0. The molecule has 108 valence electrons. The third-order valence-electron chi connectivity index (χ3n) is 4.06. The number of thioether (sulfide) groups is 1. The van der Waals surface area contributed by atoms with Crippen molar-refractivity contribution < 1.29 is 0 Å². The van der Waals surface area contributed by atoms with Gasteiger partial charge in [0.1, 0.15) is 0 Å². The number of rotatable bonds is 1. The summed E-state index contributed by atoms with van der Waals surface area (Å²) in [5, 5.41) is 5.12. The Balaban J connectivity index is 1.75. The maximum atomic E-state index is 6.25. The van der Waals surface area contributed by atoms with E-state index in [-0.39, 0.29) is 5.54 Å². The van der Waals surface area contributed by atoms with Crippen LogP contribution in [0.5, 0.6) is 0 Å². The average Bonchev–Trinajstić information content (AvgIpc) is 2.75. The van der Waals surface area contributed by atoms with Crippen LogP contribution < -0.4 is 5.32 Å². The van der Waals surface area contributed by atoms with Gasteiger partial charge in [0.2, 0.25) is 0 Å². The standard InChI is InChI=1S/C15H18BrClN2S/c1-10-3-2-6-15(8-10)9-20-14(19-15)18-13-5-4-11(16)7-12(13)17/h4-5,7,10H,2-3,6,8-9H2,1H3,(H,18,19). The van der Waals surface area contributed by atoms with Crippen molar-refractivity contribution in [2.24, 2.45) is 10.9 Å². The van der Waals surface area contributed by atoms with Gasteiger partial charge in [-0.05, 0) is 37.0 Å². The first kappa shape index (κ1) is 14.7. The van der Waals surface area contributed by atoms with Gasteiger partial charge in [-0.15, -0.1) is 0 Å². The van der Waals surface area contributed by atoms with Gasteiger partial charge in [-0.3, -0.25) is 4.99 Å². The smallest absolute Gasteiger partial charge is 0.161 e. The van der Waals surface area contributed by atoms with E-state index in [2.05, 4.69) is 28.2 Å². The van der Waals surface area contributed by atoms with Gasteiger partial charge in [-0.2, -0.15) is 0 Å². The summed E-state index contributed by atoms with van der Waals surface area (Å²) in [6, 6.07) is 5.89. The zero-order valence-corrected chi connectivity index (χ0v) is 14.6. The lowest BCUT2D eigenvalue weighted by atomic mass is 9.78. The van der Waals surface area contributed by atoms with E-state index in [1.54, 1.807) is 0 Å². The van der Waals surface area contributed by atoms with Gasteiger partial charge in [0.05, 0.1) is 16.2 Å². The molecule has 1 N–H and O–H groups in total. The van der Waals surface area contributed by atoms with Crippen LogP contribution in [0.2, 0.25) is 5.02 Å². The van der Waals surface area contributed by atoms with Gasteiger partial charge >= 0.3 is 0 Å². The van der Waals surface area contributed by atoms with Gasteiger partial charge in [-0.1, -0.05) is 59.1 Å². The molecule has 1 heterocycles. The molecule has 2 atom stereocenters. The van der Waals surface area contributed by atoms with Gasteiger partial charge in [0.25, 0.3) is 0 Å². The molecular formula is C15H18BrClN2S. The number of nitrogens with zero attached hydrogens (tertiary/aromatic N) is 1. The molecule has 2 aliphatic rings. The fraction of sp³-hybridized carbons (Fsp3) is 0.533. The minimum absolute atomic E-state index is 0.173. The SMILES string of the molecule is CC1CCCC2(CSC(Nc3ccc(Br)cc3Cl)=N2)C1. The van der Waals surface area contributed by atoms with Crippen LogP contribution in [0.15, 0.2) is 27.7 Å². The van der Waals surface area contributed by atoms with E-state index in [1.165, 1.54) is 25.7 Å². The summed E-state index contributed by atoms with van der Waals surface area (Å²) >= 11 is 11.5. The van der Waals surface area contributed by atoms with Crippen molar-refractivity contribution in [1.29, 1.82) is 0 Å².